The molecular formula is C21H23N3O4. The summed E-state index contributed by atoms with van der Waals surface area (Å²) in [6.45, 7) is 1.81. The highest BCUT2D eigenvalue weighted by molar-refractivity contribution is 5.96. The molecule has 7 heteroatoms. The van der Waals surface area contributed by atoms with Crippen molar-refractivity contribution in [1.82, 2.24) is 10.6 Å². The summed E-state index contributed by atoms with van der Waals surface area (Å²) >= 11 is 0. The summed E-state index contributed by atoms with van der Waals surface area (Å²) in [5, 5.41) is 5.73. The number of nitrogens with one attached hydrogen (secondary N) is 2. The lowest BCUT2D eigenvalue weighted by molar-refractivity contribution is -0.117. The Morgan fingerprint density at radius 2 is 1.89 bits per heavy atom. The van der Waals surface area contributed by atoms with E-state index in [0.717, 1.165) is 12.1 Å². The number of rotatable bonds is 6. The van der Waals surface area contributed by atoms with E-state index < -0.39 is 0 Å². The number of ether oxygens (including phenoxy) is 2. The van der Waals surface area contributed by atoms with Gasteiger partial charge in [-0.05, 0) is 24.1 Å². The Morgan fingerprint density at radius 3 is 2.75 bits per heavy atom. The van der Waals surface area contributed by atoms with Crippen molar-refractivity contribution in [2.75, 3.05) is 31.3 Å². The van der Waals surface area contributed by atoms with Gasteiger partial charge in [-0.2, -0.15) is 0 Å². The predicted molar refractivity (Wildman–Crippen MR) is 105 cm³/mol. The lowest BCUT2D eigenvalue weighted by atomic mass is 10.1. The fourth-order valence-corrected chi connectivity index (χ4v) is 3.49. The minimum absolute atomic E-state index is 0.0511. The maximum atomic E-state index is 12.4. The van der Waals surface area contributed by atoms with E-state index in [2.05, 4.69) is 10.6 Å². The van der Waals surface area contributed by atoms with E-state index in [-0.39, 0.29) is 24.6 Å². The molecule has 146 valence electrons. The molecule has 3 amide bonds. The van der Waals surface area contributed by atoms with Crippen LogP contribution in [-0.2, 0) is 11.2 Å². The Bertz CT molecular complexity index is 856. The van der Waals surface area contributed by atoms with Gasteiger partial charge in [0.25, 0.3) is 0 Å². The standard InChI is InChI=1S/C21H23N3O4/c25-20-10-16(12-23-21(26)22-9-8-15-4-2-1-3-5-15)13-24(20)17-6-7-18-19(11-17)28-14-27-18/h1-7,11,16H,8-10,12-14H2,(H2,22,23,26). The fraction of sp³-hybridized carbons (Fsp3) is 0.333. The summed E-state index contributed by atoms with van der Waals surface area (Å²) < 4.78 is 10.7. The molecule has 0 spiro atoms. The van der Waals surface area contributed by atoms with Gasteiger partial charge >= 0.3 is 6.03 Å². The van der Waals surface area contributed by atoms with Crippen LogP contribution in [-0.4, -0.2) is 38.4 Å². The van der Waals surface area contributed by atoms with Crippen LogP contribution < -0.4 is 25.0 Å². The Labute approximate surface area is 163 Å². The first kappa shape index (κ1) is 18.2. The predicted octanol–water partition coefficient (Wildman–Crippen LogP) is 2.31. The molecule has 0 aliphatic carbocycles. The van der Waals surface area contributed by atoms with E-state index in [9.17, 15) is 9.59 Å². The van der Waals surface area contributed by atoms with Crippen molar-refractivity contribution < 1.29 is 19.1 Å². The highest BCUT2D eigenvalue weighted by Crippen LogP contribution is 2.37. The van der Waals surface area contributed by atoms with Crippen LogP contribution in [0.25, 0.3) is 0 Å². The first-order valence-electron chi connectivity index (χ1n) is 9.44. The first-order chi connectivity index (χ1) is 13.7. The van der Waals surface area contributed by atoms with E-state index in [0.29, 0.717) is 37.6 Å². The van der Waals surface area contributed by atoms with Crippen LogP contribution >= 0.6 is 0 Å². The lowest BCUT2D eigenvalue weighted by Gasteiger charge is -2.17. The van der Waals surface area contributed by atoms with Gasteiger partial charge in [-0.25, -0.2) is 4.79 Å². The largest absolute Gasteiger partial charge is 0.454 e. The van der Waals surface area contributed by atoms with Crippen LogP contribution in [0.5, 0.6) is 11.5 Å². The third-order valence-electron chi connectivity index (χ3n) is 4.97. The summed E-state index contributed by atoms with van der Waals surface area (Å²) in [4.78, 5) is 26.1. The molecule has 2 aliphatic heterocycles. The summed E-state index contributed by atoms with van der Waals surface area (Å²) in [5.41, 5.74) is 1.98. The number of urea groups is 1. The Morgan fingerprint density at radius 1 is 1.07 bits per heavy atom. The Balaban J connectivity index is 1.23. The smallest absolute Gasteiger partial charge is 0.314 e. The molecule has 2 aromatic rings. The quantitative estimate of drug-likeness (QED) is 0.805. The zero-order valence-corrected chi connectivity index (χ0v) is 15.5. The van der Waals surface area contributed by atoms with Gasteiger partial charge in [0.05, 0.1) is 0 Å². The van der Waals surface area contributed by atoms with Gasteiger partial charge in [-0.1, -0.05) is 30.3 Å². The van der Waals surface area contributed by atoms with Gasteiger partial charge in [0.15, 0.2) is 11.5 Å². The second-order valence-corrected chi connectivity index (χ2v) is 6.98. The second-order valence-electron chi connectivity index (χ2n) is 6.98. The average Bonchev–Trinajstić information content (AvgIpc) is 3.32. The van der Waals surface area contributed by atoms with Crippen LogP contribution in [0.3, 0.4) is 0 Å². The van der Waals surface area contributed by atoms with Crippen molar-refractivity contribution in [2.45, 2.75) is 12.8 Å². The van der Waals surface area contributed by atoms with E-state index in [1.54, 1.807) is 4.90 Å². The number of carbonyl (C=O) groups is 2. The number of hydrogen-bond acceptors (Lipinski definition) is 4. The summed E-state index contributed by atoms with van der Waals surface area (Å²) in [7, 11) is 0. The minimum atomic E-state index is -0.204. The molecule has 2 aromatic carbocycles. The number of anilines is 1. The van der Waals surface area contributed by atoms with E-state index in [1.807, 2.05) is 48.5 Å². The van der Waals surface area contributed by atoms with Gasteiger partial charge in [-0.3, -0.25) is 4.79 Å². The number of fused-ring (bicyclic) bond motifs is 1. The van der Waals surface area contributed by atoms with Crippen molar-refractivity contribution >= 4 is 17.6 Å². The van der Waals surface area contributed by atoms with Crippen molar-refractivity contribution in [3.63, 3.8) is 0 Å². The molecule has 2 heterocycles. The molecular weight excluding hydrogens is 358 g/mol. The fourth-order valence-electron chi connectivity index (χ4n) is 3.49. The number of nitrogens with zero attached hydrogens (tertiary/aromatic N) is 1. The van der Waals surface area contributed by atoms with Gasteiger partial charge in [0.1, 0.15) is 0 Å². The van der Waals surface area contributed by atoms with Crippen LogP contribution in [0.15, 0.2) is 48.5 Å². The van der Waals surface area contributed by atoms with Crippen LogP contribution in [0, 0.1) is 5.92 Å². The molecule has 1 fully saturated rings. The number of benzene rings is 2. The molecule has 7 nitrogen and oxygen atoms in total. The van der Waals surface area contributed by atoms with Crippen molar-refractivity contribution in [3.05, 3.63) is 54.1 Å². The average molecular weight is 381 g/mol. The van der Waals surface area contributed by atoms with Crippen LogP contribution in [0.2, 0.25) is 0 Å². The summed E-state index contributed by atoms with van der Waals surface area (Å²) in [5.74, 6) is 1.48. The van der Waals surface area contributed by atoms with Gasteiger partial charge in [-0.15, -0.1) is 0 Å². The maximum absolute atomic E-state index is 12.4. The van der Waals surface area contributed by atoms with E-state index in [1.165, 1.54) is 5.56 Å². The number of carbonyl (C=O) groups excluding carboxylic acids is 2. The third-order valence-corrected chi connectivity index (χ3v) is 4.97. The first-order valence-corrected chi connectivity index (χ1v) is 9.44. The maximum Gasteiger partial charge on any atom is 0.314 e. The topological polar surface area (TPSA) is 79.9 Å². The normalized spacial score (nSPS) is 17.6. The number of amides is 3. The highest BCUT2D eigenvalue weighted by Gasteiger charge is 2.31. The monoisotopic (exact) mass is 381 g/mol. The van der Waals surface area contributed by atoms with Crippen molar-refractivity contribution in [2.24, 2.45) is 5.92 Å². The molecule has 28 heavy (non-hydrogen) atoms. The SMILES string of the molecule is O=C(NCCc1ccccc1)NCC1CC(=O)N(c2ccc3c(c2)OCO3)C1. The molecule has 0 saturated carbocycles. The highest BCUT2D eigenvalue weighted by atomic mass is 16.7. The molecule has 0 radical (unpaired) electrons. The second kappa shape index (κ2) is 8.21. The number of hydrogen-bond donors (Lipinski definition) is 2. The third kappa shape index (κ3) is 4.19. The molecule has 4 rings (SSSR count). The summed E-state index contributed by atoms with van der Waals surface area (Å²) in [6, 6.07) is 15.3. The van der Waals surface area contributed by atoms with Gasteiger partial charge in [0, 0.05) is 43.7 Å². The molecule has 2 N–H and O–H groups in total. The summed E-state index contributed by atoms with van der Waals surface area (Å²) in [6.07, 6.45) is 1.20. The molecule has 0 aromatic heterocycles. The molecule has 2 aliphatic rings. The zero-order valence-electron chi connectivity index (χ0n) is 15.5. The Kier molecular flexibility index (Phi) is 5.32. The minimum Gasteiger partial charge on any atom is -0.454 e. The molecule has 1 saturated heterocycles. The van der Waals surface area contributed by atoms with Gasteiger partial charge < -0.3 is 25.0 Å². The van der Waals surface area contributed by atoms with Gasteiger partial charge in [0.2, 0.25) is 12.7 Å². The van der Waals surface area contributed by atoms with Crippen LogP contribution in [0.4, 0.5) is 10.5 Å². The molecule has 1 atom stereocenters. The molecule has 0 bridgehead atoms. The van der Waals surface area contributed by atoms with Crippen LogP contribution in [0.1, 0.15) is 12.0 Å². The van der Waals surface area contributed by atoms with E-state index >= 15 is 0 Å². The van der Waals surface area contributed by atoms with Crippen molar-refractivity contribution in [3.8, 4) is 11.5 Å². The Hall–Kier alpha value is -3.22. The van der Waals surface area contributed by atoms with E-state index in [4.69, 9.17) is 9.47 Å². The molecule has 1 unspecified atom stereocenters. The van der Waals surface area contributed by atoms with Crippen molar-refractivity contribution in [1.29, 1.82) is 0 Å². The zero-order chi connectivity index (χ0) is 19.3. The lowest BCUT2D eigenvalue weighted by Crippen LogP contribution is -2.39.